The summed E-state index contributed by atoms with van der Waals surface area (Å²) in [4.78, 5) is 5.79. The minimum absolute atomic E-state index is 0.521. The molecule has 2 aromatic heterocycles. The third-order valence-corrected chi connectivity index (χ3v) is 3.47. The number of H-pyrrole nitrogens is 1. The summed E-state index contributed by atoms with van der Waals surface area (Å²) in [5.74, 6) is 0.521. The molecule has 0 aromatic carbocycles. The number of aryl methyl sites for hydroxylation is 1. The van der Waals surface area contributed by atoms with E-state index in [-0.39, 0.29) is 0 Å². The van der Waals surface area contributed by atoms with Gasteiger partial charge in [0.25, 0.3) is 0 Å². The highest BCUT2D eigenvalue weighted by Gasteiger charge is 2.13. The third kappa shape index (κ3) is 1.55. The summed E-state index contributed by atoms with van der Waals surface area (Å²) >= 11 is 1.69. The molecule has 14 heavy (non-hydrogen) atoms. The molecule has 0 aliphatic heterocycles. The molecular formula is C9H12N4S. The van der Waals surface area contributed by atoms with E-state index in [0.717, 1.165) is 16.4 Å². The van der Waals surface area contributed by atoms with Gasteiger partial charge in [0.1, 0.15) is 10.7 Å². The highest BCUT2D eigenvalue weighted by molar-refractivity contribution is 7.15. The monoisotopic (exact) mass is 208 g/mol. The van der Waals surface area contributed by atoms with Crippen molar-refractivity contribution in [2.75, 3.05) is 0 Å². The zero-order valence-corrected chi connectivity index (χ0v) is 9.22. The summed E-state index contributed by atoms with van der Waals surface area (Å²) in [7, 11) is 0. The van der Waals surface area contributed by atoms with Gasteiger partial charge in [-0.3, -0.25) is 0 Å². The maximum atomic E-state index is 4.47. The Hall–Kier alpha value is -1.23. The molecule has 74 valence electrons. The van der Waals surface area contributed by atoms with Crippen molar-refractivity contribution in [3.05, 3.63) is 16.8 Å². The molecule has 0 fully saturated rings. The summed E-state index contributed by atoms with van der Waals surface area (Å²) in [6.07, 6.45) is 1.70. The van der Waals surface area contributed by atoms with Gasteiger partial charge in [0.15, 0.2) is 0 Å². The molecule has 0 atom stereocenters. The summed E-state index contributed by atoms with van der Waals surface area (Å²) in [6, 6.07) is 0. The predicted molar refractivity (Wildman–Crippen MR) is 56.3 cm³/mol. The highest BCUT2D eigenvalue weighted by Crippen LogP contribution is 2.30. The van der Waals surface area contributed by atoms with Crippen molar-refractivity contribution in [1.82, 2.24) is 20.4 Å². The summed E-state index contributed by atoms with van der Waals surface area (Å²) in [5, 5.41) is 11.3. The van der Waals surface area contributed by atoms with Crippen LogP contribution in [0.1, 0.15) is 30.3 Å². The van der Waals surface area contributed by atoms with Crippen LogP contribution < -0.4 is 0 Å². The summed E-state index contributed by atoms with van der Waals surface area (Å²) in [6.45, 7) is 6.38. The van der Waals surface area contributed by atoms with Crippen molar-refractivity contribution in [2.45, 2.75) is 26.7 Å². The minimum atomic E-state index is 0.521. The molecule has 0 saturated carbocycles. The largest absolute Gasteiger partial charge is 0.239 e. The number of hydrogen-bond donors (Lipinski definition) is 1. The van der Waals surface area contributed by atoms with E-state index in [4.69, 9.17) is 0 Å². The van der Waals surface area contributed by atoms with Crippen molar-refractivity contribution in [2.24, 2.45) is 0 Å². The number of nitrogens with one attached hydrogen (secondary N) is 1. The fourth-order valence-corrected chi connectivity index (χ4v) is 2.38. The van der Waals surface area contributed by atoms with Gasteiger partial charge in [-0.2, -0.15) is 15.4 Å². The molecule has 0 aliphatic rings. The van der Waals surface area contributed by atoms with Crippen LogP contribution in [0.2, 0.25) is 0 Å². The number of aromatic nitrogens is 4. The predicted octanol–water partition coefficient (Wildman–Crippen LogP) is 2.36. The molecule has 2 heterocycles. The zero-order valence-electron chi connectivity index (χ0n) is 8.40. The Morgan fingerprint density at radius 1 is 1.43 bits per heavy atom. The summed E-state index contributed by atoms with van der Waals surface area (Å²) < 4.78 is 0. The number of rotatable bonds is 2. The van der Waals surface area contributed by atoms with E-state index in [0.29, 0.717) is 5.92 Å². The van der Waals surface area contributed by atoms with Crippen LogP contribution in [0, 0.1) is 6.92 Å². The lowest BCUT2D eigenvalue weighted by Crippen LogP contribution is -1.84. The highest BCUT2D eigenvalue weighted by atomic mass is 32.1. The zero-order chi connectivity index (χ0) is 10.1. The van der Waals surface area contributed by atoms with Crippen LogP contribution in [-0.4, -0.2) is 20.4 Å². The van der Waals surface area contributed by atoms with E-state index in [1.807, 2.05) is 6.92 Å². The maximum absolute atomic E-state index is 4.47. The SMILES string of the molecule is Cc1nc(-c2cn[nH]n2)sc1C(C)C. The molecule has 1 N–H and O–H groups in total. The molecule has 2 aromatic rings. The summed E-state index contributed by atoms with van der Waals surface area (Å²) in [5.41, 5.74) is 1.92. The smallest absolute Gasteiger partial charge is 0.145 e. The van der Waals surface area contributed by atoms with Crippen LogP contribution in [0.5, 0.6) is 0 Å². The van der Waals surface area contributed by atoms with E-state index in [9.17, 15) is 0 Å². The first-order chi connectivity index (χ1) is 6.68. The average molecular weight is 208 g/mol. The van der Waals surface area contributed by atoms with E-state index < -0.39 is 0 Å². The third-order valence-electron chi connectivity index (χ3n) is 1.99. The molecule has 0 saturated heterocycles. The van der Waals surface area contributed by atoms with Crippen LogP contribution in [-0.2, 0) is 0 Å². The maximum Gasteiger partial charge on any atom is 0.145 e. The number of aromatic amines is 1. The second-order valence-electron chi connectivity index (χ2n) is 3.48. The first kappa shape index (κ1) is 9.33. The minimum Gasteiger partial charge on any atom is -0.239 e. The van der Waals surface area contributed by atoms with Crippen LogP contribution in [0.25, 0.3) is 10.7 Å². The molecule has 0 amide bonds. The Kier molecular flexibility index (Phi) is 2.33. The van der Waals surface area contributed by atoms with Gasteiger partial charge in [-0.25, -0.2) is 4.98 Å². The Morgan fingerprint density at radius 3 is 2.71 bits per heavy atom. The topological polar surface area (TPSA) is 54.5 Å². The van der Waals surface area contributed by atoms with Gasteiger partial charge >= 0.3 is 0 Å². The van der Waals surface area contributed by atoms with Gasteiger partial charge in [0.05, 0.1) is 11.9 Å². The fourth-order valence-electron chi connectivity index (χ4n) is 1.36. The standard InChI is InChI=1S/C9H12N4S/c1-5(2)8-6(3)11-9(14-8)7-4-10-13-12-7/h4-5H,1-3H3,(H,10,12,13). The Balaban J connectivity index is 2.43. The average Bonchev–Trinajstić information content (AvgIpc) is 2.70. The normalized spacial score (nSPS) is 11.1. The second-order valence-corrected chi connectivity index (χ2v) is 4.51. The Bertz CT molecular complexity index is 416. The lowest BCUT2D eigenvalue weighted by Gasteiger charge is -1.99. The molecule has 0 radical (unpaired) electrons. The first-order valence-corrected chi connectivity index (χ1v) is 5.33. The van der Waals surface area contributed by atoms with Gasteiger partial charge in [0, 0.05) is 4.88 Å². The van der Waals surface area contributed by atoms with Gasteiger partial charge in [-0.1, -0.05) is 13.8 Å². The molecular weight excluding hydrogens is 196 g/mol. The van der Waals surface area contributed by atoms with Crippen LogP contribution in [0.15, 0.2) is 6.20 Å². The second kappa shape index (κ2) is 3.49. The first-order valence-electron chi connectivity index (χ1n) is 4.52. The van der Waals surface area contributed by atoms with Crippen LogP contribution in [0.4, 0.5) is 0 Å². The van der Waals surface area contributed by atoms with E-state index in [1.165, 1.54) is 4.88 Å². The van der Waals surface area contributed by atoms with E-state index in [2.05, 4.69) is 34.2 Å². The van der Waals surface area contributed by atoms with E-state index >= 15 is 0 Å². The molecule has 0 bridgehead atoms. The molecule has 0 aliphatic carbocycles. The van der Waals surface area contributed by atoms with Crippen molar-refractivity contribution in [1.29, 1.82) is 0 Å². The Labute approximate surface area is 86.4 Å². The van der Waals surface area contributed by atoms with Gasteiger partial charge in [0.2, 0.25) is 0 Å². The lowest BCUT2D eigenvalue weighted by atomic mass is 10.1. The molecule has 2 rings (SSSR count). The quantitative estimate of drug-likeness (QED) is 0.824. The molecule has 4 nitrogen and oxygen atoms in total. The van der Waals surface area contributed by atoms with Crippen molar-refractivity contribution >= 4 is 11.3 Å². The Morgan fingerprint density at radius 2 is 2.21 bits per heavy atom. The van der Waals surface area contributed by atoms with Crippen molar-refractivity contribution < 1.29 is 0 Å². The molecule has 0 unspecified atom stereocenters. The van der Waals surface area contributed by atoms with Gasteiger partial charge in [-0.05, 0) is 12.8 Å². The molecule has 0 spiro atoms. The number of thiazole rings is 1. The van der Waals surface area contributed by atoms with Gasteiger partial charge in [-0.15, -0.1) is 11.3 Å². The fraction of sp³-hybridized carbons (Fsp3) is 0.444. The van der Waals surface area contributed by atoms with Crippen molar-refractivity contribution in [3.63, 3.8) is 0 Å². The number of nitrogens with zero attached hydrogens (tertiary/aromatic N) is 3. The van der Waals surface area contributed by atoms with Crippen molar-refractivity contribution in [3.8, 4) is 10.7 Å². The van der Waals surface area contributed by atoms with E-state index in [1.54, 1.807) is 17.5 Å². The van der Waals surface area contributed by atoms with Crippen LogP contribution in [0.3, 0.4) is 0 Å². The number of hydrogen-bond acceptors (Lipinski definition) is 4. The lowest BCUT2D eigenvalue weighted by molar-refractivity contribution is 0.873. The van der Waals surface area contributed by atoms with Crippen LogP contribution >= 0.6 is 11.3 Å². The van der Waals surface area contributed by atoms with Gasteiger partial charge < -0.3 is 0 Å². The molecule has 5 heteroatoms.